The first-order valence-corrected chi connectivity index (χ1v) is 12.5. The van der Waals surface area contributed by atoms with E-state index in [4.69, 9.17) is 15.5 Å². The molecule has 2 aromatic rings. The van der Waals surface area contributed by atoms with Gasteiger partial charge in [-0.3, -0.25) is 4.90 Å². The third kappa shape index (κ3) is 5.82. The molecule has 0 amide bonds. The fraction of sp³-hybridized carbons (Fsp3) is 0.519. The van der Waals surface area contributed by atoms with E-state index in [-0.39, 0.29) is 17.9 Å². The van der Waals surface area contributed by atoms with Gasteiger partial charge in [-0.25, -0.2) is 9.97 Å². The van der Waals surface area contributed by atoms with Crippen LogP contribution in [-0.4, -0.2) is 67.0 Å². The van der Waals surface area contributed by atoms with Crippen molar-refractivity contribution in [1.82, 2.24) is 14.9 Å². The average Bonchev–Trinajstić information content (AvgIpc) is 2.88. The summed E-state index contributed by atoms with van der Waals surface area (Å²) in [6.07, 6.45) is 5.72. The lowest BCUT2D eigenvalue weighted by Gasteiger charge is -2.37. The minimum atomic E-state index is -0.387. The molecule has 8 heteroatoms. The van der Waals surface area contributed by atoms with Crippen LogP contribution in [0.4, 0.5) is 17.3 Å². The van der Waals surface area contributed by atoms with Gasteiger partial charge in [-0.1, -0.05) is 20.8 Å². The average molecular weight is 479 g/mol. The third-order valence-electron chi connectivity index (χ3n) is 7.15. The zero-order valence-corrected chi connectivity index (χ0v) is 21.3. The summed E-state index contributed by atoms with van der Waals surface area (Å²) >= 11 is 0. The molecule has 8 nitrogen and oxygen atoms in total. The number of anilines is 3. The highest BCUT2D eigenvalue weighted by molar-refractivity contribution is 5.60. The highest BCUT2D eigenvalue weighted by Crippen LogP contribution is 2.37. The molecule has 2 heterocycles. The molecule has 1 aromatic heterocycles. The van der Waals surface area contributed by atoms with Crippen LogP contribution in [-0.2, 0) is 16.0 Å². The lowest BCUT2D eigenvalue weighted by Crippen LogP contribution is -2.49. The molecule has 1 aliphatic carbocycles. The molecule has 1 aromatic carbocycles. The van der Waals surface area contributed by atoms with Crippen LogP contribution in [0.5, 0.6) is 0 Å². The van der Waals surface area contributed by atoms with E-state index in [0.717, 1.165) is 68.1 Å². The summed E-state index contributed by atoms with van der Waals surface area (Å²) in [5, 5.41) is 3.37. The van der Waals surface area contributed by atoms with Crippen LogP contribution in [0, 0.1) is 11.8 Å². The Bertz CT molecular complexity index is 1030. The number of carbonyl (C=O) groups excluding carboxylic acids is 1. The van der Waals surface area contributed by atoms with Gasteiger partial charge in [0.15, 0.2) is 0 Å². The second kappa shape index (κ2) is 11.2. The Hall–Kier alpha value is -2.97. The van der Waals surface area contributed by atoms with Gasteiger partial charge < -0.3 is 25.5 Å². The van der Waals surface area contributed by atoms with Crippen LogP contribution in [0.2, 0.25) is 0 Å². The number of ether oxygens (including phenoxy) is 1. The summed E-state index contributed by atoms with van der Waals surface area (Å²) in [5.41, 5.74) is 10.2. The SMILES string of the molecule is COC1=CCc2cnc(Nc3ccc(N4CCN(CC(C)C(N)C=O)CC4)cc3)nc2C1C(C)C. The van der Waals surface area contributed by atoms with Crippen molar-refractivity contribution in [3.8, 4) is 0 Å². The summed E-state index contributed by atoms with van der Waals surface area (Å²) in [4.78, 5) is 25.2. The lowest BCUT2D eigenvalue weighted by atomic mass is 9.83. The van der Waals surface area contributed by atoms with Crippen LogP contribution in [0.25, 0.3) is 0 Å². The highest BCUT2D eigenvalue weighted by Gasteiger charge is 2.29. The monoisotopic (exact) mass is 478 g/mol. The number of piperazine rings is 1. The van der Waals surface area contributed by atoms with Crippen molar-refractivity contribution in [2.75, 3.05) is 50.1 Å². The van der Waals surface area contributed by atoms with Crippen LogP contribution >= 0.6 is 0 Å². The van der Waals surface area contributed by atoms with Gasteiger partial charge in [-0.2, -0.15) is 0 Å². The van der Waals surface area contributed by atoms with Crippen LogP contribution in [0.1, 0.15) is 37.9 Å². The molecular weight excluding hydrogens is 440 g/mol. The second-order valence-corrected chi connectivity index (χ2v) is 9.99. The Labute approximate surface area is 208 Å². The molecule has 0 spiro atoms. The van der Waals surface area contributed by atoms with Crippen molar-refractivity contribution >= 4 is 23.6 Å². The molecule has 0 bridgehead atoms. The number of aromatic nitrogens is 2. The van der Waals surface area contributed by atoms with Gasteiger partial charge in [-0.15, -0.1) is 0 Å². The van der Waals surface area contributed by atoms with Crippen molar-refractivity contribution in [2.24, 2.45) is 17.6 Å². The quantitative estimate of drug-likeness (QED) is 0.530. The number of hydrogen-bond acceptors (Lipinski definition) is 8. The normalized spacial score (nSPS) is 20.1. The van der Waals surface area contributed by atoms with Crippen molar-refractivity contribution in [3.05, 3.63) is 53.6 Å². The van der Waals surface area contributed by atoms with Gasteiger partial charge >= 0.3 is 0 Å². The Kier molecular flexibility index (Phi) is 8.03. The van der Waals surface area contributed by atoms with Gasteiger partial charge in [0, 0.05) is 50.3 Å². The Balaban J connectivity index is 1.37. The van der Waals surface area contributed by atoms with Crippen molar-refractivity contribution < 1.29 is 9.53 Å². The molecule has 1 fully saturated rings. The maximum Gasteiger partial charge on any atom is 0.227 e. The molecular formula is C27H38N6O2. The maximum absolute atomic E-state index is 10.9. The standard InChI is InChI=1S/C27H38N6O2/c1-18(2)25-24(35-4)10-5-20-15-29-27(31-26(20)25)30-21-6-8-22(9-7-21)33-13-11-32(12-14-33)16-19(3)23(28)17-34/h6-10,15,17-19,23,25H,5,11-14,16,28H2,1-4H3,(H,29,30,31). The molecule has 3 unspecified atom stereocenters. The molecule has 3 N–H and O–H groups in total. The van der Waals surface area contributed by atoms with Gasteiger partial charge in [0.1, 0.15) is 12.0 Å². The van der Waals surface area contributed by atoms with E-state index in [1.54, 1.807) is 7.11 Å². The Morgan fingerprint density at radius 3 is 2.51 bits per heavy atom. The van der Waals surface area contributed by atoms with Crippen molar-refractivity contribution in [3.63, 3.8) is 0 Å². The van der Waals surface area contributed by atoms with E-state index in [1.807, 2.05) is 13.1 Å². The predicted molar refractivity (Wildman–Crippen MR) is 140 cm³/mol. The summed E-state index contributed by atoms with van der Waals surface area (Å²) in [6.45, 7) is 11.1. The topological polar surface area (TPSA) is 96.6 Å². The van der Waals surface area contributed by atoms with Gasteiger partial charge in [0.25, 0.3) is 0 Å². The first-order chi connectivity index (χ1) is 16.9. The molecule has 1 saturated heterocycles. The zero-order chi connectivity index (χ0) is 24.9. The van der Waals surface area contributed by atoms with Crippen LogP contribution < -0.4 is 16.0 Å². The van der Waals surface area contributed by atoms with Gasteiger partial charge in [0.05, 0.1) is 24.8 Å². The fourth-order valence-electron chi connectivity index (χ4n) is 4.97. The summed E-state index contributed by atoms with van der Waals surface area (Å²) in [6, 6.07) is 8.06. The lowest BCUT2D eigenvalue weighted by molar-refractivity contribution is -0.109. The van der Waals surface area contributed by atoms with Crippen LogP contribution in [0.15, 0.2) is 42.3 Å². The number of rotatable bonds is 9. The molecule has 4 rings (SSSR count). The number of aldehydes is 1. The number of allylic oxidation sites excluding steroid dienone is 2. The van der Waals surface area contributed by atoms with E-state index in [0.29, 0.717) is 11.9 Å². The zero-order valence-electron chi connectivity index (χ0n) is 21.3. The van der Waals surface area contributed by atoms with E-state index >= 15 is 0 Å². The molecule has 3 atom stereocenters. The fourth-order valence-corrected chi connectivity index (χ4v) is 4.97. The number of carbonyl (C=O) groups is 1. The highest BCUT2D eigenvalue weighted by atomic mass is 16.5. The molecule has 2 aliphatic rings. The first kappa shape index (κ1) is 25.1. The number of fused-ring (bicyclic) bond motifs is 1. The number of nitrogens with zero attached hydrogens (tertiary/aromatic N) is 4. The maximum atomic E-state index is 10.9. The van der Waals surface area contributed by atoms with E-state index in [2.05, 4.69) is 64.3 Å². The van der Waals surface area contributed by atoms with E-state index in [9.17, 15) is 4.79 Å². The largest absolute Gasteiger partial charge is 0.501 e. The smallest absolute Gasteiger partial charge is 0.227 e. The van der Waals surface area contributed by atoms with Crippen molar-refractivity contribution in [1.29, 1.82) is 0 Å². The number of nitrogens with two attached hydrogens (primary N) is 1. The minimum Gasteiger partial charge on any atom is -0.501 e. The molecule has 0 radical (unpaired) electrons. The van der Waals surface area contributed by atoms with Crippen LogP contribution in [0.3, 0.4) is 0 Å². The number of nitrogens with one attached hydrogen (secondary N) is 1. The molecule has 188 valence electrons. The summed E-state index contributed by atoms with van der Waals surface area (Å²) < 4.78 is 5.64. The van der Waals surface area contributed by atoms with Gasteiger partial charge in [-0.05, 0) is 54.2 Å². The predicted octanol–water partition coefficient (Wildman–Crippen LogP) is 3.33. The molecule has 1 aliphatic heterocycles. The number of benzene rings is 1. The van der Waals surface area contributed by atoms with E-state index in [1.165, 1.54) is 5.69 Å². The van der Waals surface area contributed by atoms with Crippen molar-refractivity contribution in [2.45, 2.75) is 39.2 Å². The number of hydrogen-bond donors (Lipinski definition) is 2. The summed E-state index contributed by atoms with van der Waals surface area (Å²) in [5.74, 6) is 2.29. The third-order valence-corrected chi connectivity index (χ3v) is 7.15. The second-order valence-electron chi connectivity index (χ2n) is 9.99. The first-order valence-electron chi connectivity index (χ1n) is 12.5. The van der Waals surface area contributed by atoms with E-state index < -0.39 is 0 Å². The van der Waals surface area contributed by atoms with Gasteiger partial charge in [0.2, 0.25) is 5.95 Å². The summed E-state index contributed by atoms with van der Waals surface area (Å²) in [7, 11) is 1.73. The molecule has 35 heavy (non-hydrogen) atoms. The molecule has 0 saturated carbocycles. The minimum absolute atomic E-state index is 0.144. The Morgan fingerprint density at radius 1 is 1.17 bits per heavy atom. The Morgan fingerprint density at radius 2 is 1.89 bits per heavy atom. The number of methoxy groups -OCH3 is 1.